The summed E-state index contributed by atoms with van der Waals surface area (Å²) in [4.78, 5) is 11.3. The van der Waals surface area contributed by atoms with E-state index in [0.717, 1.165) is 23.1 Å². The minimum absolute atomic E-state index is 0.595. The summed E-state index contributed by atoms with van der Waals surface area (Å²) >= 11 is 0. The molecule has 0 aliphatic rings. The Bertz CT molecular complexity index is 745. The van der Waals surface area contributed by atoms with Crippen molar-refractivity contribution >= 4 is 6.29 Å². The molecule has 0 aliphatic carbocycles. The molecule has 0 unspecified atom stereocenters. The van der Waals surface area contributed by atoms with Gasteiger partial charge < -0.3 is 0 Å². The van der Waals surface area contributed by atoms with Gasteiger partial charge in [-0.3, -0.25) is 4.79 Å². The van der Waals surface area contributed by atoms with Gasteiger partial charge in [-0.15, -0.1) is 0 Å². The fourth-order valence-corrected chi connectivity index (χ4v) is 2.20. The Labute approximate surface area is 117 Å². The first-order valence-corrected chi connectivity index (χ1v) is 6.45. The van der Waals surface area contributed by atoms with Crippen LogP contribution in [0.4, 0.5) is 0 Å². The average molecular weight is 262 g/mol. The Balaban J connectivity index is 2.12. The lowest BCUT2D eigenvalue weighted by Gasteiger charge is -2.02. The summed E-state index contributed by atoms with van der Waals surface area (Å²) < 4.78 is 1.75. The molecular formula is C17H14N2O. The number of nitrogens with zero attached hydrogens (tertiary/aromatic N) is 2. The molecule has 2 aromatic carbocycles. The molecule has 3 aromatic rings. The Morgan fingerprint density at radius 2 is 1.85 bits per heavy atom. The van der Waals surface area contributed by atoms with Crippen molar-refractivity contribution in [2.24, 2.45) is 0 Å². The van der Waals surface area contributed by atoms with Crippen molar-refractivity contribution in [1.29, 1.82) is 0 Å². The Morgan fingerprint density at radius 1 is 1.05 bits per heavy atom. The maximum absolute atomic E-state index is 11.3. The number of aryl methyl sites for hydroxylation is 1. The molecule has 1 heterocycles. The third kappa shape index (κ3) is 2.26. The van der Waals surface area contributed by atoms with Crippen molar-refractivity contribution in [1.82, 2.24) is 9.78 Å². The summed E-state index contributed by atoms with van der Waals surface area (Å²) in [6.45, 7) is 2.03. The number of rotatable bonds is 3. The number of hydrogen-bond acceptors (Lipinski definition) is 2. The summed E-state index contributed by atoms with van der Waals surface area (Å²) in [5.41, 5.74) is 4.36. The molecule has 0 fully saturated rings. The van der Waals surface area contributed by atoms with Gasteiger partial charge in [-0.05, 0) is 24.6 Å². The van der Waals surface area contributed by atoms with Crippen molar-refractivity contribution in [3.8, 4) is 16.9 Å². The zero-order chi connectivity index (χ0) is 13.9. The molecule has 0 bridgehead atoms. The highest BCUT2D eigenvalue weighted by atomic mass is 16.1. The van der Waals surface area contributed by atoms with Crippen LogP contribution in [0.5, 0.6) is 0 Å². The van der Waals surface area contributed by atoms with E-state index in [1.54, 1.807) is 10.9 Å². The molecular weight excluding hydrogens is 248 g/mol. The lowest BCUT2D eigenvalue weighted by Crippen LogP contribution is -1.95. The predicted molar refractivity (Wildman–Crippen MR) is 79.1 cm³/mol. The highest BCUT2D eigenvalue weighted by Crippen LogP contribution is 2.22. The molecule has 3 nitrogen and oxygen atoms in total. The SMILES string of the molecule is Cc1cccc(-n2cc(C=O)c(-c3ccccc3)n2)c1. The Hall–Kier alpha value is -2.68. The number of aldehydes is 1. The van der Waals surface area contributed by atoms with Gasteiger partial charge in [0.25, 0.3) is 0 Å². The van der Waals surface area contributed by atoms with Gasteiger partial charge in [-0.25, -0.2) is 4.68 Å². The summed E-state index contributed by atoms with van der Waals surface area (Å²) in [7, 11) is 0. The van der Waals surface area contributed by atoms with Crippen LogP contribution in [0.2, 0.25) is 0 Å². The summed E-state index contributed by atoms with van der Waals surface area (Å²) in [5.74, 6) is 0. The fraction of sp³-hybridized carbons (Fsp3) is 0.0588. The van der Waals surface area contributed by atoms with Gasteiger partial charge in [0, 0.05) is 11.8 Å². The van der Waals surface area contributed by atoms with Crippen LogP contribution in [0.3, 0.4) is 0 Å². The molecule has 1 aromatic heterocycles. The van der Waals surface area contributed by atoms with E-state index in [1.807, 2.05) is 61.5 Å². The van der Waals surface area contributed by atoms with Crippen LogP contribution in [0.15, 0.2) is 60.8 Å². The molecule has 3 rings (SSSR count). The maximum atomic E-state index is 11.3. The van der Waals surface area contributed by atoms with Crippen LogP contribution in [0.25, 0.3) is 16.9 Å². The van der Waals surface area contributed by atoms with Gasteiger partial charge in [0.15, 0.2) is 6.29 Å². The Kier molecular flexibility index (Phi) is 3.17. The van der Waals surface area contributed by atoms with E-state index < -0.39 is 0 Å². The second-order valence-corrected chi connectivity index (χ2v) is 4.70. The third-order valence-corrected chi connectivity index (χ3v) is 3.18. The first kappa shape index (κ1) is 12.4. The predicted octanol–water partition coefficient (Wildman–Crippen LogP) is 3.66. The second-order valence-electron chi connectivity index (χ2n) is 4.70. The molecule has 0 saturated heterocycles. The molecule has 0 spiro atoms. The van der Waals surface area contributed by atoms with Crippen molar-refractivity contribution in [3.63, 3.8) is 0 Å². The summed E-state index contributed by atoms with van der Waals surface area (Å²) in [5, 5.41) is 4.55. The number of benzene rings is 2. The highest BCUT2D eigenvalue weighted by molar-refractivity contribution is 5.85. The van der Waals surface area contributed by atoms with Crippen LogP contribution < -0.4 is 0 Å². The van der Waals surface area contributed by atoms with E-state index in [0.29, 0.717) is 11.3 Å². The number of aromatic nitrogens is 2. The summed E-state index contributed by atoms with van der Waals surface area (Å²) in [6.07, 6.45) is 2.62. The van der Waals surface area contributed by atoms with E-state index in [2.05, 4.69) is 5.10 Å². The molecule has 98 valence electrons. The largest absolute Gasteiger partial charge is 0.298 e. The third-order valence-electron chi connectivity index (χ3n) is 3.18. The van der Waals surface area contributed by atoms with Gasteiger partial charge in [-0.1, -0.05) is 42.5 Å². The first-order valence-electron chi connectivity index (χ1n) is 6.45. The topological polar surface area (TPSA) is 34.9 Å². The molecule has 0 amide bonds. The minimum Gasteiger partial charge on any atom is -0.298 e. The van der Waals surface area contributed by atoms with Gasteiger partial charge in [0.2, 0.25) is 0 Å². The summed E-state index contributed by atoms with van der Waals surface area (Å²) in [6, 6.07) is 17.8. The zero-order valence-corrected chi connectivity index (χ0v) is 11.2. The van der Waals surface area contributed by atoms with Crippen molar-refractivity contribution in [2.75, 3.05) is 0 Å². The number of hydrogen-bond donors (Lipinski definition) is 0. The van der Waals surface area contributed by atoms with Gasteiger partial charge in [0.1, 0.15) is 5.69 Å². The van der Waals surface area contributed by atoms with E-state index >= 15 is 0 Å². The zero-order valence-electron chi connectivity index (χ0n) is 11.2. The van der Waals surface area contributed by atoms with Crippen molar-refractivity contribution in [3.05, 3.63) is 71.9 Å². The monoisotopic (exact) mass is 262 g/mol. The second kappa shape index (κ2) is 5.13. The van der Waals surface area contributed by atoms with Crippen LogP contribution in [-0.4, -0.2) is 16.1 Å². The highest BCUT2D eigenvalue weighted by Gasteiger charge is 2.11. The van der Waals surface area contributed by atoms with Gasteiger partial charge in [-0.2, -0.15) is 5.10 Å². The molecule has 0 saturated carbocycles. The maximum Gasteiger partial charge on any atom is 0.153 e. The smallest absolute Gasteiger partial charge is 0.153 e. The normalized spacial score (nSPS) is 10.4. The molecule has 0 radical (unpaired) electrons. The van der Waals surface area contributed by atoms with Gasteiger partial charge >= 0.3 is 0 Å². The number of carbonyl (C=O) groups is 1. The molecule has 20 heavy (non-hydrogen) atoms. The van der Waals surface area contributed by atoms with E-state index in [1.165, 1.54) is 0 Å². The van der Waals surface area contributed by atoms with Crippen molar-refractivity contribution in [2.45, 2.75) is 6.92 Å². The van der Waals surface area contributed by atoms with Crippen LogP contribution in [0.1, 0.15) is 15.9 Å². The van der Waals surface area contributed by atoms with E-state index in [9.17, 15) is 4.79 Å². The van der Waals surface area contributed by atoms with Crippen LogP contribution in [-0.2, 0) is 0 Å². The molecule has 3 heteroatoms. The number of carbonyl (C=O) groups excluding carboxylic acids is 1. The average Bonchev–Trinajstić information content (AvgIpc) is 2.92. The molecule has 0 aliphatic heterocycles. The van der Waals surface area contributed by atoms with E-state index in [4.69, 9.17) is 0 Å². The molecule has 0 atom stereocenters. The first-order chi connectivity index (χ1) is 9.78. The van der Waals surface area contributed by atoms with Gasteiger partial charge in [0.05, 0.1) is 11.3 Å². The Morgan fingerprint density at radius 3 is 2.55 bits per heavy atom. The van der Waals surface area contributed by atoms with Crippen LogP contribution >= 0.6 is 0 Å². The minimum atomic E-state index is 0.595. The van der Waals surface area contributed by atoms with Crippen molar-refractivity contribution < 1.29 is 4.79 Å². The lowest BCUT2D eigenvalue weighted by molar-refractivity contribution is 0.112. The fourth-order valence-electron chi connectivity index (χ4n) is 2.20. The molecule has 0 N–H and O–H groups in total. The lowest BCUT2D eigenvalue weighted by atomic mass is 10.1. The van der Waals surface area contributed by atoms with E-state index in [-0.39, 0.29) is 0 Å². The van der Waals surface area contributed by atoms with Crippen LogP contribution in [0, 0.1) is 6.92 Å². The standard InChI is InChI=1S/C17H14N2O/c1-13-6-5-9-16(10-13)19-11-15(12-20)17(18-19)14-7-3-2-4-8-14/h2-12H,1H3. The quantitative estimate of drug-likeness (QED) is 0.675.